The van der Waals surface area contributed by atoms with Crippen LogP contribution in [-0.2, 0) is 0 Å². The van der Waals surface area contributed by atoms with Crippen LogP contribution in [-0.4, -0.2) is 6.18 Å². The van der Waals surface area contributed by atoms with Crippen LogP contribution in [0.1, 0.15) is 11.3 Å². The van der Waals surface area contributed by atoms with Crippen molar-refractivity contribution in [3.05, 3.63) is 71.1 Å². The number of fused-ring (bicyclic) bond motifs is 3. The SMILES string of the molecule is C=Cc1oc2ccc3ccccc3c2c(=O)c1C(=C)C(F)(F)F. The molecule has 0 aliphatic rings. The van der Waals surface area contributed by atoms with Crippen molar-refractivity contribution in [1.29, 1.82) is 0 Å². The lowest BCUT2D eigenvalue weighted by Gasteiger charge is -2.13. The molecule has 0 unspecified atom stereocenters. The predicted molar refractivity (Wildman–Crippen MR) is 85.2 cm³/mol. The molecule has 0 radical (unpaired) electrons. The third kappa shape index (κ3) is 2.34. The number of allylic oxidation sites excluding steroid dienone is 1. The van der Waals surface area contributed by atoms with E-state index in [1.165, 1.54) is 0 Å². The zero-order valence-electron chi connectivity index (χ0n) is 11.9. The summed E-state index contributed by atoms with van der Waals surface area (Å²) in [6, 6.07) is 10.2. The highest BCUT2D eigenvalue weighted by atomic mass is 19.4. The second-order valence-corrected chi connectivity index (χ2v) is 5.01. The Morgan fingerprint density at radius 3 is 2.48 bits per heavy atom. The first-order valence-electron chi connectivity index (χ1n) is 6.72. The van der Waals surface area contributed by atoms with Gasteiger partial charge in [0.25, 0.3) is 0 Å². The molecule has 0 spiro atoms. The Balaban J connectivity index is 2.52. The van der Waals surface area contributed by atoms with Crippen molar-refractivity contribution in [1.82, 2.24) is 0 Å². The molecule has 0 atom stereocenters. The summed E-state index contributed by atoms with van der Waals surface area (Å²) in [5.41, 5.74) is -2.39. The number of hydrogen-bond acceptors (Lipinski definition) is 2. The van der Waals surface area contributed by atoms with Gasteiger partial charge in [0.15, 0.2) is 0 Å². The second-order valence-electron chi connectivity index (χ2n) is 5.01. The highest BCUT2D eigenvalue weighted by molar-refractivity contribution is 6.06. The lowest BCUT2D eigenvalue weighted by Crippen LogP contribution is -2.19. The van der Waals surface area contributed by atoms with Gasteiger partial charge in [-0.3, -0.25) is 4.79 Å². The van der Waals surface area contributed by atoms with Crippen molar-refractivity contribution in [3.8, 4) is 0 Å². The summed E-state index contributed by atoms with van der Waals surface area (Å²) in [5, 5.41) is 1.38. The molecule has 1 heterocycles. The number of hydrogen-bond donors (Lipinski definition) is 0. The Bertz CT molecular complexity index is 1010. The summed E-state index contributed by atoms with van der Waals surface area (Å²) in [5.74, 6) is -0.236. The Hall–Kier alpha value is -2.82. The quantitative estimate of drug-likeness (QED) is 0.611. The molecule has 0 N–H and O–H groups in total. The van der Waals surface area contributed by atoms with Gasteiger partial charge in [-0.25, -0.2) is 0 Å². The molecule has 3 aromatic rings. The minimum absolute atomic E-state index is 0.106. The first-order chi connectivity index (χ1) is 10.8. The van der Waals surface area contributed by atoms with Crippen LogP contribution >= 0.6 is 0 Å². The first-order valence-corrected chi connectivity index (χ1v) is 6.72. The van der Waals surface area contributed by atoms with Crippen LogP contribution in [0.4, 0.5) is 13.2 Å². The van der Waals surface area contributed by atoms with Crippen molar-refractivity contribution in [3.63, 3.8) is 0 Å². The van der Waals surface area contributed by atoms with Gasteiger partial charge in [0, 0.05) is 0 Å². The van der Waals surface area contributed by atoms with Crippen LogP contribution < -0.4 is 5.43 Å². The maximum absolute atomic E-state index is 13.0. The molecule has 0 amide bonds. The van der Waals surface area contributed by atoms with Gasteiger partial charge in [-0.05, 0) is 22.9 Å². The highest BCUT2D eigenvalue weighted by Crippen LogP contribution is 2.35. The van der Waals surface area contributed by atoms with Gasteiger partial charge in [0.05, 0.1) is 16.5 Å². The maximum Gasteiger partial charge on any atom is 0.416 e. The lowest BCUT2D eigenvalue weighted by molar-refractivity contribution is -0.0688. The van der Waals surface area contributed by atoms with E-state index < -0.39 is 22.7 Å². The minimum Gasteiger partial charge on any atom is -0.456 e. The summed E-state index contributed by atoms with van der Waals surface area (Å²) in [6.45, 7) is 6.44. The number of halogens is 3. The van der Waals surface area contributed by atoms with E-state index in [0.29, 0.717) is 5.39 Å². The number of rotatable bonds is 2. The smallest absolute Gasteiger partial charge is 0.416 e. The Morgan fingerprint density at radius 2 is 1.83 bits per heavy atom. The van der Waals surface area contributed by atoms with Crippen LogP contribution in [0.3, 0.4) is 0 Å². The van der Waals surface area contributed by atoms with Crippen molar-refractivity contribution >= 4 is 33.4 Å². The molecular formula is C18H11F3O2. The predicted octanol–water partition coefficient (Wildman–Crippen LogP) is 5.16. The van der Waals surface area contributed by atoms with Crippen LogP contribution in [0, 0.1) is 0 Å². The standard InChI is InChI=1S/C18H11F3O2/c1-3-13-15(10(2)18(19,20)21)17(22)16-12-7-5-4-6-11(12)8-9-14(16)23-13/h3-9H,1-2H2. The second kappa shape index (κ2) is 5.12. The van der Waals surface area contributed by atoms with Crippen LogP contribution in [0.15, 0.2) is 58.8 Å². The Kier molecular flexibility index (Phi) is 3.36. The topological polar surface area (TPSA) is 30.2 Å². The fourth-order valence-electron chi connectivity index (χ4n) is 2.55. The van der Waals surface area contributed by atoms with Crippen molar-refractivity contribution < 1.29 is 17.6 Å². The molecule has 116 valence electrons. The lowest BCUT2D eigenvalue weighted by atomic mass is 9.99. The van der Waals surface area contributed by atoms with Gasteiger partial charge in [-0.2, -0.15) is 13.2 Å². The zero-order valence-corrected chi connectivity index (χ0v) is 11.9. The van der Waals surface area contributed by atoms with E-state index in [1.54, 1.807) is 36.4 Å². The van der Waals surface area contributed by atoms with Gasteiger partial charge < -0.3 is 4.42 Å². The van der Waals surface area contributed by atoms with E-state index in [4.69, 9.17) is 4.42 Å². The van der Waals surface area contributed by atoms with Crippen LogP contribution in [0.2, 0.25) is 0 Å². The monoisotopic (exact) mass is 316 g/mol. The van der Waals surface area contributed by atoms with E-state index in [-0.39, 0.29) is 16.7 Å². The molecule has 0 saturated heterocycles. The van der Waals surface area contributed by atoms with E-state index in [1.807, 2.05) is 0 Å². The number of alkyl halides is 3. The van der Waals surface area contributed by atoms with Gasteiger partial charge in [0.2, 0.25) is 5.43 Å². The summed E-state index contributed by atoms with van der Waals surface area (Å²) in [6.07, 6.45) is -3.65. The van der Waals surface area contributed by atoms with Gasteiger partial charge in [-0.15, -0.1) is 0 Å². The van der Waals surface area contributed by atoms with Gasteiger partial charge in [0.1, 0.15) is 11.3 Å². The van der Waals surface area contributed by atoms with Crippen molar-refractivity contribution in [2.75, 3.05) is 0 Å². The summed E-state index contributed by atoms with van der Waals surface area (Å²) in [7, 11) is 0. The molecule has 0 bridgehead atoms. The highest BCUT2D eigenvalue weighted by Gasteiger charge is 2.36. The molecule has 0 aliphatic heterocycles. The average Bonchev–Trinajstić information content (AvgIpc) is 2.52. The maximum atomic E-state index is 13.0. The number of benzene rings is 2. The zero-order chi connectivity index (χ0) is 16.8. The van der Waals surface area contributed by atoms with E-state index >= 15 is 0 Å². The summed E-state index contributed by atoms with van der Waals surface area (Å²) in [4.78, 5) is 12.7. The van der Waals surface area contributed by atoms with Crippen molar-refractivity contribution in [2.45, 2.75) is 6.18 Å². The third-order valence-electron chi connectivity index (χ3n) is 3.64. The van der Waals surface area contributed by atoms with E-state index in [2.05, 4.69) is 13.2 Å². The van der Waals surface area contributed by atoms with Gasteiger partial charge >= 0.3 is 6.18 Å². The minimum atomic E-state index is -4.73. The Morgan fingerprint density at radius 1 is 1.13 bits per heavy atom. The third-order valence-corrected chi connectivity index (χ3v) is 3.64. The molecule has 23 heavy (non-hydrogen) atoms. The molecule has 0 saturated carbocycles. The molecule has 2 nitrogen and oxygen atoms in total. The summed E-state index contributed by atoms with van der Waals surface area (Å²) >= 11 is 0. The fraction of sp³-hybridized carbons (Fsp3) is 0.0556. The van der Waals surface area contributed by atoms with E-state index in [9.17, 15) is 18.0 Å². The molecule has 0 aliphatic carbocycles. The molecular weight excluding hydrogens is 305 g/mol. The van der Waals surface area contributed by atoms with Crippen molar-refractivity contribution in [2.24, 2.45) is 0 Å². The normalized spacial score (nSPS) is 11.8. The fourth-order valence-corrected chi connectivity index (χ4v) is 2.55. The average molecular weight is 316 g/mol. The van der Waals surface area contributed by atoms with Crippen LogP contribution in [0.25, 0.3) is 33.4 Å². The largest absolute Gasteiger partial charge is 0.456 e. The van der Waals surface area contributed by atoms with Gasteiger partial charge in [-0.1, -0.05) is 43.5 Å². The molecule has 0 fully saturated rings. The van der Waals surface area contributed by atoms with E-state index in [0.717, 1.165) is 11.5 Å². The molecule has 2 aromatic carbocycles. The Labute approximate surface area is 129 Å². The first kappa shape index (κ1) is 15.1. The summed E-state index contributed by atoms with van der Waals surface area (Å²) < 4.78 is 44.6. The molecule has 5 heteroatoms. The molecule has 3 rings (SSSR count). The molecule has 1 aromatic heterocycles. The van der Waals surface area contributed by atoms with Crippen LogP contribution in [0.5, 0.6) is 0 Å².